The second kappa shape index (κ2) is 5.00. The van der Waals surface area contributed by atoms with Gasteiger partial charge in [0.2, 0.25) is 5.91 Å². The van der Waals surface area contributed by atoms with Crippen molar-refractivity contribution in [1.29, 1.82) is 0 Å². The molecule has 5 heteroatoms. The molecule has 1 aromatic carbocycles. The van der Waals surface area contributed by atoms with E-state index in [-0.39, 0.29) is 5.91 Å². The first-order chi connectivity index (χ1) is 10.2. The molecule has 0 unspecified atom stereocenters. The zero-order valence-electron chi connectivity index (χ0n) is 12.0. The largest absolute Gasteiger partial charge is 0.387 e. The predicted octanol–water partition coefficient (Wildman–Crippen LogP) is 1.58. The lowest BCUT2D eigenvalue weighted by Gasteiger charge is -2.47. The molecule has 1 N–H and O–H groups in total. The van der Waals surface area contributed by atoms with E-state index in [1.165, 1.54) is 4.90 Å². The molecule has 4 rings (SSSR count). The van der Waals surface area contributed by atoms with E-state index in [0.29, 0.717) is 25.6 Å². The molecule has 1 aromatic rings. The van der Waals surface area contributed by atoms with Crippen molar-refractivity contribution < 1.29 is 9.90 Å². The number of fused-ring (bicyclic) bond motifs is 1. The summed E-state index contributed by atoms with van der Waals surface area (Å²) in [4.78, 5) is 17.7. The molecule has 1 saturated heterocycles. The van der Waals surface area contributed by atoms with Crippen molar-refractivity contribution >= 4 is 23.4 Å². The van der Waals surface area contributed by atoms with Gasteiger partial charge in [-0.05, 0) is 30.9 Å². The van der Waals surface area contributed by atoms with Crippen LogP contribution in [-0.2, 0) is 4.79 Å². The van der Waals surface area contributed by atoms with Crippen molar-refractivity contribution in [3.8, 4) is 0 Å². The van der Waals surface area contributed by atoms with Gasteiger partial charge in [0.05, 0.1) is 17.8 Å². The topological polar surface area (TPSA) is 43.8 Å². The number of β-amino-alcohol motifs (C(OH)–C–C–N with tert-alkyl or cyclic N) is 1. The Hall–Kier alpha value is -1.04. The molecule has 1 aliphatic carbocycles. The third-order valence-corrected chi connectivity index (χ3v) is 5.76. The number of nitrogens with zero attached hydrogens (tertiary/aromatic N) is 2. The summed E-state index contributed by atoms with van der Waals surface area (Å²) in [6, 6.07) is 8.11. The summed E-state index contributed by atoms with van der Waals surface area (Å²) in [6.45, 7) is 2.52. The van der Waals surface area contributed by atoms with Gasteiger partial charge in [0.1, 0.15) is 0 Å². The lowest BCUT2D eigenvalue weighted by molar-refractivity contribution is -0.134. The van der Waals surface area contributed by atoms with Crippen LogP contribution in [0, 0.1) is 5.92 Å². The van der Waals surface area contributed by atoms with Gasteiger partial charge in [-0.25, -0.2) is 0 Å². The molecule has 0 atom stereocenters. The maximum Gasteiger partial charge on any atom is 0.241 e. The van der Waals surface area contributed by atoms with Crippen molar-refractivity contribution in [1.82, 2.24) is 4.90 Å². The predicted molar refractivity (Wildman–Crippen MR) is 83.6 cm³/mol. The number of hydrogen-bond donors (Lipinski definition) is 1. The number of hydrogen-bond acceptors (Lipinski definition) is 4. The van der Waals surface area contributed by atoms with Gasteiger partial charge in [-0.15, -0.1) is 11.8 Å². The van der Waals surface area contributed by atoms with Crippen LogP contribution in [0.3, 0.4) is 0 Å². The number of carbonyl (C=O) groups is 1. The maximum absolute atomic E-state index is 12.6. The summed E-state index contributed by atoms with van der Waals surface area (Å²) in [5, 5.41) is 10.3. The fourth-order valence-corrected chi connectivity index (χ4v) is 4.42. The van der Waals surface area contributed by atoms with Gasteiger partial charge in [-0.3, -0.25) is 9.69 Å². The normalized spacial score (nSPS) is 24.3. The highest BCUT2D eigenvalue weighted by atomic mass is 32.2. The summed E-state index contributed by atoms with van der Waals surface area (Å²) in [7, 11) is 0. The van der Waals surface area contributed by atoms with E-state index in [1.807, 2.05) is 34.9 Å². The minimum atomic E-state index is -0.504. The smallest absolute Gasteiger partial charge is 0.241 e. The Bertz CT molecular complexity index is 567. The average molecular weight is 304 g/mol. The van der Waals surface area contributed by atoms with Crippen LogP contribution >= 0.6 is 11.8 Å². The highest BCUT2D eigenvalue weighted by Crippen LogP contribution is 2.44. The van der Waals surface area contributed by atoms with Gasteiger partial charge < -0.3 is 10.0 Å². The zero-order chi connectivity index (χ0) is 14.4. The summed E-state index contributed by atoms with van der Waals surface area (Å²) in [5.41, 5.74) is 0.535. The lowest BCUT2D eigenvalue weighted by Crippen LogP contribution is -2.64. The first kappa shape index (κ1) is 13.6. The first-order valence-electron chi connectivity index (χ1n) is 7.63. The number of rotatable bonds is 3. The minimum Gasteiger partial charge on any atom is -0.387 e. The molecule has 2 heterocycles. The van der Waals surface area contributed by atoms with E-state index < -0.39 is 5.60 Å². The van der Waals surface area contributed by atoms with E-state index >= 15 is 0 Å². The second-order valence-electron chi connectivity index (χ2n) is 6.38. The first-order valence-corrected chi connectivity index (χ1v) is 8.61. The number of aliphatic hydroxyl groups is 1. The quantitative estimate of drug-likeness (QED) is 0.921. The highest BCUT2D eigenvalue weighted by Gasteiger charge is 2.52. The Kier molecular flexibility index (Phi) is 3.24. The zero-order valence-corrected chi connectivity index (χ0v) is 12.8. The number of anilines is 1. The summed E-state index contributed by atoms with van der Waals surface area (Å²) in [5.74, 6) is 1.59. The standard InChI is InChI=1S/C16H20N2O2S/c19-15(9-17-10-16(20,11-17)12-5-6-12)18-7-8-21-14-4-2-1-3-13(14)18/h1-4,12,20H,5-11H2. The molecule has 2 fully saturated rings. The Labute approximate surface area is 129 Å². The Morgan fingerprint density at radius 2 is 2.10 bits per heavy atom. The van der Waals surface area contributed by atoms with Gasteiger partial charge in [-0.1, -0.05) is 12.1 Å². The van der Waals surface area contributed by atoms with E-state index in [1.54, 1.807) is 0 Å². The second-order valence-corrected chi connectivity index (χ2v) is 7.52. The molecule has 0 aromatic heterocycles. The molecule has 2 aliphatic heterocycles. The van der Waals surface area contributed by atoms with Gasteiger partial charge in [-0.2, -0.15) is 0 Å². The minimum absolute atomic E-state index is 0.153. The Morgan fingerprint density at radius 3 is 2.86 bits per heavy atom. The summed E-state index contributed by atoms with van der Waals surface area (Å²) >= 11 is 1.81. The number of thioether (sulfide) groups is 1. The SMILES string of the molecule is O=C(CN1CC(O)(C2CC2)C1)N1CCSc2ccccc21. The van der Waals surface area contributed by atoms with Gasteiger partial charge in [0.25, 0.3) is 0 Å². The number of para-hydroxylation sites is 1. The molecule has 0 radical (unpaired) electrons. The number of amides is 1. The molecule has 1 saturated carbocycles. The molecule has 4 nitrogen and oxygen atoms in total. The lowest BCUT2D eigenvalue weighted by atomic mass is 9.89. The molecule has 1 amide bonds. The van der Waals surface area contributed by atoms with E-state index in [0.717, 1.165) is 30.8 Å². The van der Waals surface area contributed by atoms with E-state index in [9.17, 15) is 9.90 Å². The molecular weight excluding hydrogens is 284 g/mol. The van der Waals surface area contributed by atoms with Crippen molar-refractivity contribution in [2.24, 2.45) is 5.92 Å². The maximum atomic E-state index is 12.6. The Balaban J connectivity index is 1.40. The van der Waals surface area contributed by atoms with Gasteiger partial charge >= 0.3 is 0 Å². The van der Waals surface area contributed by atoms with Crippen molar-refractivity contribution in [2.75, 3.05) is 36.8 Å². The van der Waals surface area contributed by atoms with Gasteiger partial charge in [0, 0.05) is 30.3 Å². The van der Waals surface area contributed by atoms with Crippen LogP contribution in [0.5, 0.6) is 0 Å². The van der Waals surface area contributed by atoms with Crippen LogP contribution in [-0.4, -0.2) is 53.4 Å². The van der Waals surface area contributed by atoms with Crippen molar-refractivity contribution in [2.45, 2.75) is 23.3 Å². The fourth-order valence-electron chi connectivity index (χ4n) is 3.42. The average Bonchev–Trinajstić information content (AvgIpc) is 3.29. The fraction of sp³-hybridized carbons (Fsp3) is 0.562. The molecule has 112 valence electrons. The Morgan fingerprint density at radius 1 is 1.33 bits per heavy atom. The van der Waals surface area contributed by atoms with Crippen LogP contribution in [0.15, 0.2) is 29.2 Å². The summed E-state index contributed by atoms with van der Waals surface area (Å²) in [6.07, 6.45) is 2.30. The molecule has 0 spiro atoms. The number of benzene rings is 1. The van der Waals surface area contributed by atoms with Crippen molar-refractivity contribution in [3.05, 3.63) is 24.3 Å². The third kappa shape index (κ3) is 2.47. The monoisotopic (exact) mass is 304 g/mol. The molecular formula is C16H20N2O2S. The molecule has 0 bridgehead atoms. The molecule has 3 aliphatic rings. The van der Waals surface area contributed by atoms with Crippen molar-refractivity contribution in [3.63, 3.8) is 0 Å². The van der Waals surface area contributed by atoms with E-state index in [2.05, 4.69) is 11.0 Å². The summed E-state index contributed by atoms with van der Waals surface area (Å²) < 4.78 is 0. The van der Waals surface area contributed by atoms with Gasteiger partial charge in [0.15, 0.2) is 0 Å². The van der Waals surface area contributed by atoms with Crippen LogP contribution in [0.2, 0.25) is 0 Å². The molecule has 21 heavy (non-hydrogen) atoms. The van der Waals surface area contributed by atoms with Crippen LogP contribution in [0.25, 0.3) is 0 Å². The van der Waals surface area contributed by atoms with E-state index in [4.69, 9.17) is 0 Å². The van der Waals surface area contributed by atoms with Crippen LogP contribution < -0.4 is 4.90 Å². The number of likely N-dealkylation sites (tertiary alicyclic amines) is 1. The highest BCUT2D eigenvalue weighted by molar-refractivity contribution is 7.99. The van der Waals surface area contributed by atoms with Crippen LogP contribution in [0.1, 0.15) is 12.8 Å². The third-order valence-electron chi connectivity index (χ3n) is 4.72. The van der Waals surface area contributed by atoms with Crippen LogP contribution in [0.4, 0.5) is 5.69 Å². The number of carbonyl (C=O) groups excluding carboxylic acids is 1.